The SMILES string of the molecule is C[C@H](Sc1nc(N)c(NC(=O)c2ccc(Cl)cc2)c(=O)[nH]1)c1ccccc1. The molecule has 3 rings (SSSR count). The average Bonchev–Trinajstić information content (AvgIpc) is 2.66. The molecule has 2 aromatic carbocycles. The number of thioether (sulfide) groups is 1. The number of aromatic amines is 1. The summed E-state index contributed by atoms with van der Waals surface area (Å²) in [5, 5.41) is 3.48. The summed E-state index contributed by atoms with van der Waals surface area (Å²) in [5.74, 6) is -0.507. The number of nitrogens with two attached hydrogens (primary N) is 1. The predicted molar refractivity (Wildman–Crippen MR) is 109 cm³/mol. The number of hydrogen-bond donors (Lipinski definition) is 3. The molecule has 1 heterocycles. The predicted octanol–water partition coefficient (Wildman–Crippen LogP) is 4.11. The highest BCUT2D eigenvalue weighted by Crippen LogP contribution is 2.32. The first kappa shape index (κ1) is 19.0. The zero-order valence-corrected chi connectivity index (χ0v) is 16.0. The van der Waals surface area contributed by atoms with Gasteiger partial charge in [0.05, 0.1) is 0 Å². The summed E-state index contributed by atoms with van der Waals surface area (Å²) >= 11 is 7.19. The Hall–Kier alpha value is -2.77. The van der Waals surface area contributed by atoms with E-state index in [0.717, 1.165) is 5.56 Å². The molecule has 138 valence electrons. The molecule has 0 aliphatic rings. The monoisotopic (exact) mass is 400 g/mol. The zero-order chi connectivity index (χ0) is 19.4. The maximum absolute atomic E-state index is 12.4. The molecule has 4 N–H and O–H groups in total. The van der Waals surface area contributed by atoms with Crippen molar-refractivity contribution in [1.29, 1.82) is 0 Å². The standard InChI is InChI=1S/C19H17ClN4O2S/c1-11(12-5-3-2-4-6-12)27-19-23-16(21)15(18(26)24-19)22-17(25)13-7-9-14(20)10-8-13/h2-11H,1H3,(H,22,25)(H3,21,23,24,26)/t11-/m0/s1. The highest BCUT2D eigenvalue weighted by atomic mass is 35.5. The van der Waals surface area contributed by atoms with Gasteiger partial charge in [-0.15, -0.1) is 0 Å². The third-order valence-corrected chi connectivity index (χ3v) is 5.12. The lowest BCUT2D eigenvalue weighted by molar-refractivity contribution is 0.102. The number of carbonyl (C=O) groups excluding carboxylic acids is 1. The van der Waals surface area contributed by atoms with Crippen LogP contribution in [0.3, 0.4) is 0 Å². The van der Waals surface area contributed by atoms with Crippen LogP contribution in [0.25, 0.3) is 0 Å². The first-order chi connectivity index (χ1) is 12.9. The van der Waals surface area contributed by atoms with Crippen molar-refractivity contribution < 1.29 is 4.79 Å². The van der Waals surface area contributed by atoms with Crippen LogP contribution in [0.15, 0.2) is 64.5 Å². The quantitative estimate of drug-likeness (QED) is 0.442. The van der Waals surface area contributed by atoms with E-state index in [1.165, 1.54) is 11.8 Å². The number of anilines is 2. The van der Waals surface area contributed by atoms with Crippen LogP contribution in [-0.2, 0) is 0 Å². The topological polar surface area (TPSA) is 101 Å². The number of nitrogen functional groups attached to an aromatic ring is 1. The molecule has 1 amide bonds. The van der Waals surface area contributed by atoms with E-state index < -0.39 is 11.5 Å². The van der Waals surface area contributed by atoms with Crippen LogP contribution in [0.2, 0.25) is 5.02 Å². The fraction of sp³-hybridized carbons (Fsp3) is 0.105. The van der Waals surface area contributed by atoms with E-state index in [1.54, 1.807) is 24.3 Å². The second kappa shape index (κ2) is 8.28. The molecule has 0 bridgehead atoms. The number of carbonyl (C=O) groups is 1. The Balaban J connectivity index is 1.77. The van der Waals surface area contributed by atoms with Crippen LogP contribution in [-0.4, -0.2) is 15.9 Å². The number of nitrogens with one attached hydrogen (secondary N) is 2. The van der Waals surface area contributed by atoms with E-state index in [9.17, 15) is 9.59 Å². The Kier molecular flexibility index (Phi) is 5.83. The van der Waals surface area contributed by atoms with Gasteiger partial charge in [-0.05, 0) is 36.8 Å². The molecule has 0 radical (unpaired) electrons. The number of rotatable bonds is 5. The molecule has 8 heteroatoms. The second-order valence-corrected chi connectivity index (χ2v) is 7.53. The molecular weight excluding hydrogens is 384 g/mol. The highest BCUT2D eigenvalue weighted by Gasteiger charge is 2.16. The minimum absolute atomic E-state index is 0.0381. The van der Waals surface area contributed by atoms with Crippen LogP contribution < -0.4 is 16.6 Å². The Morgan fingerprint density at radius 3 is 2.48 bits per heavy atom. The number of H-pyrrole nitrogens is 1. The van der Waals surface area contributed by atoms with Gasteiger partial charge >= 0.3 is 0 Å². The largest absolute Gasteiger partial charge is 0.382 e. The summed E-state index contributed by atoms with van der Waals surface area (Å²) in [5.41, 5.74) is 6.78. The first-order valence-corrected chi connectivity index (χ1v) is 9.38. The first-order valence-electron chi connectivity index (χ1n) is 8.12. The lowest BCUT2D eigenvalue weighted by Crippen LogP contribution is -2.23. The second-order valence-electron chi connectivity index (χ2n) is 5.76. The van der Waals surface area contributed by atoms with Crippen molar-refractivity contribution in [2.75, 3.05) is 11.1 Å². The Labute approximate surface area is 165 Å². The van der Waals surface area contributed by atoms with Gasteiger partial charge in [-0.25, -0.2) is 4.98 Å². The molecule has 6 nitrogen and oxygen atoms in total. The van der Waals surface area contributed by atoms with E-state index in [1.807, 2.05) is 37.3 Å². The van der Waals surface area contributed by atoms with Crippen molar-refractivity contribution in [3.63, 3.8) is 0 Å². The van der Waals surface area contributed by atoms with Crippen molar-refractivity contribution in [2.45, 2.75) is 17.3 Å². The van der Waals surface area contributed by atoms with Crippen LogP contribution >= 0.6 is 23.4 Å². The van der Waals surface area contributed by atoms with E-state index in [2.05, 4.69) is 15.3 Å². The van der Waals surface area contributed by atoms with Crippen molar-refractivity contribution >= 4 is 40.8 Å². The number of amides is 1. The zero-order valence-electron chi connectivity index (χ0n) is 14.4. The lowest BCUT2D eigenvalue weighted by Gasteiger charge is -2.12. The van der Waals surface area contributed by atoms with E-state index in [-0.39, 0.29) is 16.8 Å². The molecule has 0 fully saturated rings. The summed E-state index contributed by atoms with van der Waals surface area (Å²) in [6, 6.07) is 16.1. The summed E-state index contributed by atoms with van der Waals surface area (Å²) in [7, 11) is 0. The molecule has 0 spiro atoms. The molecule has 0 saturated carbocycles. The van der Waals surface area contributed by atoms with Gasteiger partial charge in [-0.1, -0.05) is 53.7 Å². The van der Waals surface area contributed by atoms with Crippen molar-refractivity contribution in [3.8, 4) is 0 Å². The third-order valence-electron chi connectivity index (χ3n) is 3.83. The minimum atomic E-state index is -0.507. The molecule has 0 unspecified atom stereocenters. The number of nitrogens with zero attached hydrogens (tertiary/aromatic N) is 1. The number of aromatic nitrogens is 2. The smallest absolute Gasteiger partial charge is 0.277 e. The maximum atomic E-state index is 12.4. The normalized spacial score (nSPS) is 11.8. The average molecular weight is 401 g/mol. The van der Waals surface area contributed by atoms with Gasteiger partial charge in [0.25, 0.3) is 11.5 Å². The van der Waals surface area contributed by atoms with Crippen LogP contribution in [0.1, 0.15) is 28.1 Å². The molecule has 0 saturated heterocycles. The highest BCUT2D eigenvalue weighted by molar-refractivity contribution is 7.99. The maximum Gasteiger partial charge on any atom is 0.277 e. The van der Waals surface area contributed by atoms with Gasteiger partial charge in [0.2, 0.25) is 0 Å². The third kappa shape index (κ3) is 4.69. The molecule has 3 aromatic rings. The van der Waals surface area contributed by atoms with Gasteiger partial charge < -0.3 is 11.1 Å². The van der Waals surface area contributed by atoms with Gasteiger partial charge in [0, 0.05) is 15.8 Å². The molecular formula is C19H17ClN4O2S. The fourth-order valence-corrected chi connectivity index (χ4v) is 3.45. The van der Waals surface area contributed by atoms with E-state index in [0.29, 0.717) is 15.7 Å². The molecule has 1 atom stereocenters. The lowest BCUT2D eigenvalue weighted by atomic mass is 10.2. The molecule has 0 aliphatic heterocycles. The van der Waals surface area contributed by atoms with Crippen molar-refractivity contribution in [1.82, 2.24) is 9.97 Å². The van der Waals surface area contributed by atoms with Crippen LogP contribution in [0.5, 0.6) is 0 Å². The molecule has 27 heavy (non-hydrogen) atoms. The minimum Gasteiger partial charge on any atom is -0.382 e. The summed E-state index contributed by atoms with van der Waals surface area (Å²) < 4.78 is 0. The summed E-state index contributed by atoms with van der Waals surface area (Å²) in [4.78, 5) is 31.5. The Morgan fingerprint density at radius 1 is 1.19 bits per heavy atom. The van der Waals surface area contributed by atoms with Crippen LogP contribution in [0.4, 0.5) is 11.5 Å². The number of benzene rings is 2. The number of halogens is 1. The van der Waals surface area contributed by atoms with Crippen molar-refractivity contribution in [2.24, 2.45) is 0 Å². The van der Waals surface area contributed by atoms with E-state index >= 15 is 0 Å². The Morgan fingerprint density at radius 2 is 1.85 bits per heavy atom. The van der Waals surface area contributed by atoms with Gasteiger partial charge in [-0.2, -0.15) is 0 Å². The van der Waals surface area contributed by atoms with Gasteiger partial charge in [0.15, 0.2) is 11.0 Å². The Bertz CT molecular complexity index is 1010. The number of hydrogen-bond acceptors (Lipinski definition) is 5. The molecule has 1 aromatic heterocycles. The van der Waals surface area contributed by atoms with Crippen LogP contribution in [0, 0.1) is 0 Å². The van der Waals surface area contributed by atoms with E-state index in [4.69, 9.17) is 17.3 Å². The molecule has 0 aliphatic carbocycles. The fourth-order valence-electron chi connectivity index (χ4n) is 2.39. The van der Waals surface area contributed by atoms with Gasteiger partial charge in [0.1, 0.15) is 5.69 Å². The van der Waals surface area contributed by atoms with Crippen molar-refractivity contribution in [3.05, 3.63) is 81.1 Å². The summed E-state index contributed by atoms with van der Waals surface area (Å²) in [6.07, 6.45) is 0. The van der Waals surface area contributed by atoms with Gasteiger partial charge in [-0.3, -0.25) is 14.6 Å². The summed E-state index contributed by atoms with van der Waals surface area (Å²) in [6.45, 7) is 2.01.